The summed E-state index contributed by atoms with van der Waals surface area (Å²) in [6.07, 6.45) is 0. The summed E-state index contributed by atoms with van der Waals surface area (Å²) in [5, 5.41) is 3.57. The van der Waals surface area contributed by atoms with Gasteiger partial charge in [0.15, 0.2) is 0 Å². The van der Waals surface area contributed by atoms with Crippen molar-refractivity contribution in [3.63, 3.8) is 0 Å². The van der Waals surface area contributed by atoms with Gasteiger partial charge in [-0.25, -0.2) is 4.79 Å². The molecule has 7 nitrogen and oxygen atoms in total. The molecule has 0 radical (unpaired) electrons. The maximum atomic E-state index is 12.4. The number of benzene rings is 2. The van der Waals surface area contributed by atoms with Crippen molar-refractivity contribution in [2.75, 3.05) is 51.3 Å². The van der Waals surface area contributed by atoms with Crippen LogP contribution in [0.5, 0.6) is 5.75 Å². The van der Waals surface area contributed by atoms with Gasteiger partial charge in [0.05, 0.1) is 7.11 Å². The minimum absolute atomic E-state index is 0.0385. The Labute approximate surface area is 174 Å². The third-order valence-corrected chi connectivity index (χ3v) is 5.39. The molecular formula is C23H25N3O4. The molecule has 4 rings (SSSR count). The molecule has 0 atom stereocenters. The molecule has 1 fully saturated rings. The maximum absolute atomic E-state index is 12.4. The predicted molar refractivity (Wildman–Crippen MR) is 116 cm³/mol. The van der Waals surface area contributed by atoms with Crippen LogP contribution in [0.1, 0.15) is 10.4 Å². The van der Waals surface area contributed by atoms with Crippen molar-refractivity contribution in [1.29, 1.82) is 0 Å². The topological polar surface area (TPSA) is 75.0 Å². The second-order valence-corrected chi connectivity index (χ2v) is 7.27. The lowest BCUT2D eigenvalue weighted by molar-refractivity contribution is 0.0944. The van der Waals surface area contributed by atoms with Crippen LogP contribution in [0.3, 0.4) is 0 Å². The first-order valence-electron chi connectivity index (χ1n) is 10.1. The quantitative estimate of drug-likeness (QED) is 0.633. The number of carbonyl (C=O) groups is 1. The van der Waals surface area contributed by atoms with Crippen LogP contribution in [0, 0.1) is 0 Å². The van der Waals surface area contributed by atoms with Crippen LogP contribution in [0.2, 0.25) is 0 Å². The number of amides is 1. The van der Waals surface area contributed by atoms with Crippen molar-refractivity contribution in [2.24, 2.45) is 0 Å². The van der Waals surface area contributed by atoms with E-state index in [-0.39, 0.29) is 5.56 Å². The van der Waals surface area contributed by atoms with Gasteiger partial charge in [0.25, 0.3) is 5.91 Å². The number of nitrogens with zero attached hydrogens (tertiary/aromatic N) is 2. The highest BCUT2D eigenvalue weighted by Gasteiger charge is 2.18. The molecule has 0 unspecified atom stereocenters. The number of piperazine rings is 1. The summed E-state index contributed by atoms with van der Waals surface area (Å²) in [5.74, 6) is 0.459. The zero-order valence-electron chi connectivity index (χ0n) is 17.0. The van der Waals surface area contributed by atoms with E-state index in [4.69, 9.17) is 9.15 Å². The van der Waals surface area contributed by atoms with Gasteiger partial charge in [0, 0.05) is 56.4 Å². The number of ether oxygens (including phenoxy) is 1. The van der Waals surface area contributed by atoms with Crippen molar-refractivity contribution in [2.45, 2.75) is 0 Å². The Bertz CT molecular complexity index is 1090. The lowest BCUT2D eigenvalue weighted by Crippen LogP contribution is -2.48. The van der Waals surface area contributed by atoms with Crippen LogP contribution in [0.15, 0.2) is 63.8 Å². The molecule has 1 N–H and O–H groups in total. The standard InChI is InChI=1S/C23H25N3O4/c1-29-19-7-4-6-18(16-19)26-13-11-25(12-14-26)10-9-24-22(27)20-15-17-5-2-3-8-21(17)30-23(20)28/h2-8,15-16H,9-14H2,1H3,(H,24,27). The Morgan fingerprint density at radius 3 is 2.67 bits per heavy atom. The molecule has 1 amide bonds. The fraction of sp³-hybridized carbons (Fsp3) is 0.304. The number of carbonyl (C=O) groups excluding carboxylic acids is 1. The first-order valence-corrected chi connectivity index (χ1v) is 10.1. The number of fused-ring (bicyclic) bond motifs is 1. The molecule has 0 bridgehead atoms. The second kappa shape index (κ2) is 9.00. The van der Waals surface area contributed by atoms with Gasteiger partial charge < -0.3 is 19.4 Å². The minimum atomic E-state index is -0.613. The summed E-state index contributed by atoms with van der Waals surface area (Å²) < 4.78 is 10.5. The average Bonchev–Trinajstić information content (AvgIpc) is 2.79. The van der Waals surface area contributed by atoms with E-state index in [1.54, 1.807) is 25.3 Å². The zero-order chi connectivity index (χ0) is 20.9. The molecule has 0 spiro atoms. The Morgan fingerprint density at radius 2 is 1.87 bits per heavy atom. The monoisotopic (exact) mass is 407 g/mol. The highest BCUT2D eigenvalue weighted by Crippen LogP contribution is 2.22. The molecule has 1 aliphatic rings. The summed E-state index contributed by atoms with van der Waals surface area (Å²) in [7, 11) is 1.67. The molecule has 3 aromatic rings. The number of para-hydroxylation sites is 1. The van der Waals surface area contributed by atoms with Gasteiger partial charge in [-0.3, -0.25) is 9.69 Å². The fourth-order valence-corrected chi connectivity index (χ4v) is 3.68. The summed E-state index contributed by atoms with van der Waals surface area (Å²) in [6.45, 7) is 4.85. The molecule has 2 heterocycles. The van der Waals surface area contributed by atoms with E-state index >= 15 is 0 Å². The van der Waals surface area contributed by atoms with E-state index in [0.717, 1.165) is 49.5 Å². The summed E-state index contributed by atoms with van der Waals surface area (Å²) >= 11 is 0. The molecule has 0 aliphatic carbocycles. The van der Waals surface area contributed by atoms with Gasteiger partial charge in [-0.1, -0.05) is 24.3 Å². The Kier molecular flexibility index (Phi) is 5.99. The number of hydrogen-bond acceptors (Lipinski definition) is 6. The first kappa shape index (κ1) is 20.0. The SMILES string of the molecule is COc1cccc(N2CCN(CCNC(=O)c3cc4ccccc4oc3=O)CC2)c1. The van der Waals surface area contributed by atoms with Crippen molar-refractivity contribution >= 4 is 22.6 Å². The van der Waals surface area contributed by atoms with Gasteiger partial charge >= 0.3 is 5.63 Å². The van der Waals surface area contributed by atoms with Gasteiger partial charge in [0.1, 0.15) is 16.9 Å². The highest BCUT2D eigenvalue weighted by molar-refractivity contribution is 5.96. The van der Waals surface area contributed by atoms with E-state index in [9.17, 15) is 9.59 Å². The van der Waals surface area contributed by atoms with E-state index in [0.29, 0.717) is 12.1 Å². The lowest BCUT2D eigenvalue weighted by atomic mass is 10.2. The van der Waals surface area contributed by atoms with Crippen LogP contribution >= 0.6 is 0 Å². The summed E-state index contributed by atoms with van der Waals surface area (Å²) in [4.78, 5) is 29.2. The van der Waals surface area contributed by atoms with Crippen molar-refractivity contribution in [1.82, 2.24) is 10.2 Å². The first-order chi connectivity index (χ1) is 14.6. The smallest absolute Gasteiger partial charge is 0.349 e. The van der Waals surface area contributed by atoms with Crippen LogP contribution in [-0.4, -0.2) is 57.2 Å². The number of nitrogens with one attached hydrogen (secondary N) is 1. The van der Waals surface area contributed by atoms with Crippen molar-refractivity contribution in [3.05, 3.63) is 70.6 Å². The maximum Gasteiger partial charge on any atom is 0.349 e. The van der Waals surface area contributed by atoms with Crippen molar-refractivity contribution in [3.8, 4) is 5.75 Å². The van der Waals surface area contributed by atoms with Crippen LogP contribution < -0.4 is 20.6 Å². The average molecular weight is 407 g/mol. The normalized spacial score (nSPS) is 14.6. The molecule has 1 saturated heterocycles. The summed E-state index contributed by atoms with van der Waals surface area (Å²) in [5.41, 5.74) is 1.06. The predicted octanol–water partition coefficient (Wildman–Crippen LogP) is 2.35. The number of methoxy groups -OCH3 is 1. The molecule has 2 aromatic carbocycles. The molecule has 0 saturated carbocycles. The number of anilines is 1. The van der Waals surface area contributed by atoms with Crippen LogP contribution in [0.4, 0.5) is 5.69 Å². The Morgan fingerprint density at radius 1 is 1.07 bits per heavy atom. The molecule has 7 heteroatoms. The molecular weight excluding hydrogens is 382 g/mol. The minimum Gasteiger partial charge on any atom is -0.497 e. The van der Waals surface area contributed by atoms with E-state index < -0.39 is 11.5 Å². The molecule has 1 aliphatic heterocycles. The van der Waals surface area contributed by atoms with Crippen LogP contribution in [0.25, 0.3) is 11.0 Å². The van der Waals surface area contributed by atoms with Gasteiger partial charge in [-0.2, -0.15) is 0 Å². The fourth-order valence-electron chi connectivity index (χ4n) is 3.68. The summed E-state index contributed by atoms with van der Waals surface area (Å²) in [6, 6.07) is 16.8. The van der Waals surface area contributed by atoms with Gasteiger partial charge in [-0.15, -0.1) is 0 Å². The Balaban J connectivity index is 1.28. The molecule has 156 valence electrons. The van der Waals surface area contributed by atoms with Crippen LogP contribution in [-0.2, 0) is 0 Å². The molecule has 30 heavy (non-hydrogen) atoms. The van der Waals surface area contributed by atoms with Gasteiger partial charge in [-0.05, 0) is 24.3 Å². The van der Waals surface area contributed by atoms with E-state index in [1.165, 1.54) is 0 Å². The third kappa shape index (κ3) is 4.46. The number of rotatable bonds is 6. The highest BCUT2D eigenvalue weighted by atomic mass is 16.5. The van der Waals surface area contributed by atoms with Crippen molar-refractivity contribution < 1.29 is 13.9 Å². The third-order valence-electron chi connectivity index (χ3n) is 5.39. The second-order valence-electron chi connectivity index (χ2n) is 7.27. The largest absolute Gasteiger partial charge is 0.497 e. The number of hydrogen-bond donors (Lipinski definition) is 1. The lowest BCUT2D eigenvalue weighted by Gasteiger charge is -2.36. The van der Waals surface area contributed by atoms with Gasteiger partial charge in [0.2, 0.25) is 0 Å². The Hall–Kier alpha value is -3.32. The van der Waals surface area contributed by atoms with E-state index in [2.05, 4.69) is 21.2 Å². The van der Waals surface area contributed by atoms with E-state index in [1.807, 2.05) is 30.3 Å². The zero-order valence-corrected chi connectivity index (χ0v) is 17.0. The molecule has 1 aromatic heterocycles.